The summed E-state index contributed by atoms with van der Waals surface area (Å²) in [7, 11) is 3.24. The van der Waals surface area contributed by atoms with E-state index in [0.717, 1.165) is 30.1 Å². The van der Waals surface area contributed by atoms with Crippen molar-refractivity contribution in [3.8, 4) is 34.0 Å². The number of aromatic nitrogens is 3. The van der Waals surface area contributed by atoms with E-state index in [1.54, 1.807) is 0 Å². The maximum Gasteiger partial charge on any atom is 0.468 e. The van der Waals surface area contributed by atoms with E-state index in [9.17, 15) is 22.0 Å². The Bertz CT molecular complexity index is 1480. The molecule has 0 bridgehead atoms. The molecule has 4 rings (SSSR count). The molecule has 0 saturated heterocycles. The van der Waals surface area contributed by atoms with Crippen LogP contribution in [0.25, 0.3) is 28.3 Å². The topological polar surface area (TPSA) is 86.7 Å². The summed E-state index contributed by atoms with van der Waals surface area (Å²) in [5.74, 6) is -3.82. The second-order valence-electron chi connectivity index (χ2n) is 7.63. The summed E-state index contributed by atoms with van der Waals surface area (Å²) in [5, 5.41) is 10.2. The minimum Gasteiger partial charge on any atom is -0.496 e. The number of nitrogens with one attached hydrogen (secondary N) is 1. The number of hydrogen-bond acceptors (Lipinski definition) is 7. The molecule has 2 aromatic heterocycles. The molecule has 0 spiro atoms. The van der Waals surface area contributed by atoms with Gasteiger partial charge in [0.15, 0.2) is 12.1 Å². The molecule has 2 heterocycles. The largest absolute Gasteiger partial charge is 0.496 e. The molecule has 1 N–H and O–H groups in total. The first-order valence-electron chi connectivity index (χ1n) is 10.8. The smallest absolute Gasteiger partial charge is 0.468 e. The Kier molecular flexibility index (Phi) is 7.44. The highest BCUT2D eigenvalue weighted by Crippen LogP contribution is 2.45. The second kappa shape index (κ2) is 10.6. The van der Waals surface area contributed by atoms with E-state index >= 15 is 4.39 Å². The Morgan fingerprint density at radius 2 is 1.87 bits per heavy atom. The summed E-state index contributed by atoms with van der Waals surface area (Å²) >= 11 is 0. The maximum absolute atomic E-state index is 15.2. The highest BCUT2D eigenvalue weighted by Gasteiger charge is 2.39. The molecule has 8 nitrogen and oxygen atoms in total. The van der Waals surface area contributed by atoms with Gasteiger partial charge >= 0.3 is 6.18 Å². The first-order valence-corrected chi connectivity index (χ1v) is 10.8. The van der Waals surface area contributed by atoms with Gasteiger partial charge in [-0.2, -0.15) is 18.3 Å². The third-order valence-corrected chi connectivity index (χ3v) is 5.35. The molecular weight excluding hydrogens is 520 g/mol. The van der Waals surface area contributed by atoms with Gasteiger partial charge in [0.25, 0.3) is 5.90 Å². The molecule has 0 amide bonds. The van der Waals surface area contributed by atoms with Gasteiger partial charge in [0.1, 0.15) is 34.5 Å². The van der Waals surface area contributed by atoms with Crippen molar-refractivity contribution in [2.75, 3.05) is 21.3 Å². The van der Waals surface area contributed by atoms with Crippen molar-refractivity contribution in [3.63, 3.8) is 0 Å². The van der Waals surface area contributed by atoms with Crippen LogP contribution in [0.4, 0.5) is 32.0 Å². The lowest BCUT2D eigenvalue weighted by molar-refractivity contribution is -0.0754. The lowest BCUT2D eigenvalue weighted by Gasteiger charge is -2.13. The van der Waals surface area contributed by atoms with Gasteiger partial charge in [-0.3, -0.25) is 5.32 Å². The van der Waals surface area contributed by atoms with Crippen LogP contribution in [-0.2, 0) is 4.74 Å². The number of rotatable bonds is 7. The highest BCUT2D eigenvalue weighted by atomic mass is 19.4. The number of alkyl halides is 4. The molecule has 0 radical (unpaired) electrons. The van der Waals surface area contributed by atoms with Crippen molar-refractivity contribution in [1.29, 1.82) is 0 Å². The number of benzene rings is 2. The fraction of sp³-hybridized carbons (Fsp3) is 0.208. The van der Waals surface area contributed by atoms with Crippen molar-refractivity contribution in [2.45, 2.75) is 12.5 Å². The van der Waals surface area contributed by atoms with Crippen LogP contribution in [0.5, 0.6) is 5.75 Å². The Morgan fingerprint density at radius 3 is 2.50 bits per heavy atom. The molecule has 200 valence electrons. The lowest BCUT2D eigenvalue weighted by Crippen LogP contribution is -2.24. The normalized spacial score (nSPS) is 13.0. The zero-order valence-electron chi connectivity index (χ0n) is 20.0. The van der Waals surface area contributed by atoms with Crippen molar-refractivity contribution >= 4 is 11.6 Å². The summed E-state index contributed by atoms with van der Waals surface area (Å²) < 4.78 is 101. The summed E-state index contributed by atoms with van der Waals surface area (Å²) in [6.45, 7) is 0. The number of nitrogens with zero attached hydrogens (tertiary/aromatic N) is 4. The molecule has 38 heavy (non-hydrogen) atoms. The molecule has 0 fully saturated rings. The second-order valence-corrected chi connectivity index (χ2v) is 7.63. The van der Waals surface area contributed by atoms with Crippen molar-refractivity contribution in [3.05, 3.63) is 66.0 Å². The van der Waals surface area contributed by atoms with E-state index in [-0.39, 0.29) is 28.3 Å². The molecule has 1 atom stereocenters. The molecule has 1 unspecified atom stereocenters. The minimum absolute atomic E-state index is 0.0819. The van der Waals surface area contributed by atoms with Crippen LogP contribution >= 0.6 is 0 Å². The third-order valence-electron chi connectivity index (χ3n) is 5.35. The number of halogens is 6. The lowest BCUT2D eigenvalue weighted by atomic mass is 10.1. The summed E-state index contributed by atoms with van der Waals surface area (Å²) in [4.78, 5) is 3.55. The van der Waals surface area contributed by atoms with Crippen LogP contribution in [0.15, 0.2) is 58.2 Å². The van der Waals surface area contributed by atoms with Gasteiger partial charge in [-0.05, 0) is 37.4 Å². The molecule has 0 saturated carbocycles. The number of ether oxygens (including phenoxy) is 2. The molecule has 14 heteroatoms. The van der Waals surface area contributed by atoms with Gasteiger partial charge in [-0.15, -0.1) is 0 Å². The number of hydrogen-bond donors (Lipinski definition) is 1. The number of aliphatic imine (C=N–C) groups is 1. The molecular formula is C24H19F6N5O3. The average Bonchev–Trinajstić information content (AvgIpc) is 3.50. The monoisotopic (exact) mass is 539 g/mol. The standard InChI is InChI=1S/C24H19F6N5O3/c1-31-22(27)20-14(11-32-35(20)13-7-4-6-12(25)10-13)21-19(33-23(37-3)24(28,29)30)18(34-38-21)17-15(26)8-5-9-16(17)36-2/h4-11,22,31H,1-3H3. The van der Waals surface area contributed by atoms with E-state index < -0.39 is 47.1 Å². The van der Waals surface area contributed by atoms with Crippen LogP contribution in [0, 0.1) is 11.6 Å². The summed E-state index contributed by atoms with van der Waals surface area (Å²) in [6.07, 6.45) is -5.94. The first-order chi connectivity index (χ1) is 18.1. The average molecular weight is 539 g/mol. The van der Waals surface area contributed by atoms with Crippen LogP contribution in [-0.4, -0.2) is 48.3 Å². The van der Waals surface area contributed by atoms with E-state index in [0.29, 0.717) is 0 Å². The predicted molar refractivity (Wildman–Crippen MR) is 124 cm³/mol. The molecule has 2 aromatic carbocycles. The van der Waals surface area contributed by atoms with Crippen LogP contribution in [0.1, 0.15) is 12.0 Å². The van der Waals surface area contributed by atoms with Crippen molar-refractivity contribution in [2.24, 2.45) is 4.99 Å². The van der Waals surface area contributed by atoms with E-state index in [4.69, 9.17) is 9.26 Å². The van der Waals surface area contributed by atoms with Gasteiger partial charge in [-0.1, -0.05) is 17.3 Å². The number of methoxy groups -OCH3 is 2. The van der Waals surface area contributed by atoms with Crippen molar-refractivity contribution in [1.82, 2.24) is 20.3 Å². The Morgan fingerprint density at radius 1 is 1.13 bits per heavy atom. The third kappa shape index (κ3) is 4.94. The minimum atomic E-state index is -5.05. The Hall–Kier alpha value is -4.33. The SMILES string of the molecule is CNC(F)c1c(-c2onc(-c3c(F)cccc3OC)c2N=C(OC)C(F)(F)F)cnn1-c1cccc(F)c1. The van der Waals surface area contributed by atoms with Crippen LogP contribution in [0.3, 0.4) is 0 Å². The quantitative estimate of drug-likeness (QED) is 0.136. The summed E-state index contributed by atoms with van der Waals surface area (Å²) in [5.41, 5.74) is -1.82. The van der Waals surface area contributed by atoms with Gasteiger partial charge in [0, 0.05) is 0 Å². The van der Waals surface area contributed by atoms with Gasteiger partial charge in [0.05, 0.1) is 37.2 Å². The maximum atomic E-state index is 15.2. The predicted octanol–water partition coefficient (Wildman–Crippen LogP) is 5.91. The van der Waals surface area contributed by atoms with E-state index in [1.165, 1.54) is 44.5 Å². The fourth-order valence-electron chi connectivity index (χ4n) is 3.69. The summed E-state index contributed by atoms with van der Waals surface area (Å²) in [6, 6.07) is 8.75. The Balaban J connectivity index is 2.05. The highest BCUT2D eigenvalue weighted by molar-refractivity contribution is 5.92. The van der Waals surface area contributed by atoms with Crippen LogP contribution < -0.4 is 10.1 Å². The van der Waals surface area contributed by atoms with Crippen LogP contribution in [0.2, 0.25) is 0 Å². The zero-order chi connectivity index (χ0) is 27.6. The Labute approximate surface area is 211 Å². The van der Waals surface area contributed by atoms with Gasteiger partial charge < -0.3 is 14.0 Å². The van der Waals surface area contributed by atoms with Crippen molar-refractivity contribution < 1.29 is 40.3 Å². The molecule has 0 aliphatic heterocycles. The fourth-order valence-corrected chi connectivity index (χ4v) is 3.69. The molecule has 0 aliphatic carbocycles. The van der Waals surface area contributed by atoms with E-state index in [2.05, 4.69) is 25.3 Å². The van der Waals surface area contributed by atoms with E-state index in [1.807, 2.05) is 0 Å². The van der Waals surface area contributed by atoms with Gasteiger partial charge in [0.2, 0.25) is 0 Å². The zero-order valence-corrected chi connectivity index (χ0v) is 20.0. The van der Waals surface area contributed by atoms with Gasteiger partial charge in [-0.25, -0.2) is 22.8 Å². The first kappa shape index (κ1) is 26.7. The molecule has 4 aromatic rings. The molecule has 0 aliphatic rings.